The number of anilines is 1. The van der Waals surface area contributed by atoms with Crippen LogP contribution in [-0.2, 0) is 0 Å². The zero-order valence-electron chi connectivity index (χ0n) is 12.4. The fraction of sp³-hybridized carbons (Fsp3) is 0.0500. The van der Waals surface area contributed by atoms with Crippen molar-refractivity contribution in [1.82, 2.24) is 0 Å². The normalized spacial score (nSPS) is 16.9. The zero-order valence-corrected chi connectivity index (χ0v) is 13.2. The second-order valence-corrected chi connectivity index (χ2v) is 5.88. The first-order valence-corrected chi connectivity index (χ1v) is 7.98. The molecule has 1 atom stereocenters. The molecule has 0 saturated heterocycles. The highest BCUT2D eigenvalue weighted by Gasteiger charge is 2.17. The predicted octanol–water partition coefficient (Wildman–Crippen LogP) is 5.61. The Bertz CT molecular complexity index is 922. The van der Waals surface area contributed by atoms with E-state index in [0.717, 1.165) is 22.6 Å². The molecule has 0 aliphatic carbocycles. The Morgan fingerprint density at radius 1 is 0.870 bits per heavy atom. The lowest BCUT2D eigenvalue weighted by Gasteiger charge is -2.19. The van der Waals surface area contributed by atoms with E-state index < -0.39 is 0 Å². The molecule has 1 N–H and O–H groups in total. The smallest absolute Gasteiger partial charge is 0.153 e. The number of alkyl halides is 1. The molecule has 0 spiro atoms. The van der Waals surface area contributed by atoms with Crippen molar-refractivity contribution >= 4 is 40.0 Å². The number of benzene rings is 3. The van der Waals surface area contributed by atoms with E-state index in [1.807, 2.05) is 30.3 Å². The molecule has 0 bridgehead atoms. The van der Waals surface area contributed by atoms with Crippen molar-refractivity contribution in [3.05, 3.63) is 83.9 Å². The summed E-state index contributed by atoms with van der Waals surface area (Å²) in [6.45, 7) is 0. The first-order valence-electron chi connectivity index (χ1n) is 7.55. The van der Waals surface area contributed by atoms with Gasteiger partial charge in [-0.25, -0.2) is 4.99 Å². The molecule has 1 aliphatic rings. The maximum atomic E-state index is 6.36. The number of hydrogen-bond donors (Lipinski definition) is 1. The summed E-state index contributed by atoms with van der Waals surface area (Å²) in [4.78, 5) is 4.50. The van der Waals surface area contributed by atoms with Gasteiger partial charge in [0.05, 0.1) is 0 Å². The van der Waals surface area contributed by atoms with Crippen molar-refractivity contribution in [1.29, 1.82) is 0 Å². The van der Waals surface area contributed by atoms with Crippen LogP contribution in [0.5, 0.6) is 0 Å². The monoisotopic (exact) mass is 318 g/mol. The Balaban J connectivity index is 1.67. The summed E-state index contributed by atoms with van der Waals surface area (Å²) in [5.74, 6) is 0.775. The molecule has 3 heteroatoms. The third kappa shape index (κ3) is 2.73. The lowest BCUT2D eigenvalue weighted by atomic mass is 10.0. The Labute approximate surface area is 140 Å². The molecule has 0 radical (unpaired) electrons. The molecule has 1 heterocycles. The summed E-state index contributed by atoms with van der Waals surface area (Å²) in [6, 6.07) is 22.6. The topological polar surface area (TPSA) is 24.4 Å². The number of hydrogen-bond acceptors (Lipinski definition) is 2. The van der Waals surface area contributed by atoms with Crippen LogP contribution < -0.4 is 5.32 Å². The minimum atomic E-state index is -0.348. The fourth-order valence-corrected chi connectivity index (χ4v) is 3.13. The van der Waals surface area contributed by atoms with Gasteiger partial charge in [-0.3, -0.25) is 0 Å². The van der Waals surface area contributed by atoms with Crippen LogP contribution in [0.25, 0.3) is 16.8 Å². The van der Waals surface area contributed by atoms with E-state index in [2.05, 4.69) is 58.8 Å². The van der Waals surface area contributed by atoms with Gasteiger partial charge >= 0.3 is 0 Å². The van der Waals surface area contributed by atoms with Gasteiger partial charge in [-0.1, -0.05) is 78.3 Å². The molecule has 0 aromatic heterocycles. The van der Waals surface area contributed by atoms with Crippen molar-refractivity contribution in [3.8, 4) is 0 Å². The number of aliphatic imine (C=N–C) groups is 1. The van der Waals surface area contributed by atoms with Crippen LogP contribution in [-0.4, -0.2) is 5.84 Å². The van der Waals surface area contributed by atoms with Gasteiger partial charge in [-0.15, -0.1) is 0 Å². The first-order chi connectivity index (χ1) is 11.3. The van der Waals surface area contributed by atoms with Crippen LogP contribution in [0.3, 0.4) is 0 Å². The van der Waals surface area contributed by atoms with Crippen molar-refractivity contribution in [2.45, 2.75) is 5.50 Å². The zero-order chi connectivity index (χ0) is 15.6. The molecule has 23 heavy (non-hydrogen) atoms. The second-order valence-electron chi connectivity index (χ2n) is 5.46. The summed E-state index contributed by atoms with van der Waals surface area (Å²) in [5.41, 5.74) is 2.84. The van der Waals surface area contributed by atoms with Gasteiger partial charge in [0.1, 0.15) is 5.84 Å². The van der Waals surface area contributed by atoms with Gasteiger partial charge in [0.25, 0.3) is 0 Å². The Morgan fingerprint density at radius 3 is 2.61 bits per heavy atom. The maximum Gasteiger partial charge on any atom is 0.153 e. The van der Waals surface area contributed by atoms with E-state index in [1.165, 1.54) is 10.8 Å². The number of amidine groups is 1. The summed E-state index contributed by atoms with van der Waals surface area (Å²) in [5, 5.41) is 5.78. The predicted molar refractivity (Wildman–Crippen MR) is 99.1 cm³/mol. The van der Waals surface area contributed by atoms with E-state index in [-0.39, 0.29) is 5.50 Å². The largest absolute Gasteiger partial charge is 0.340 e. The molecule has 3 aromatic rings. The lowest BCUT2D eigenvalue weighted by molar-refractivity contribution is 1.00. The molecule has 112 valence electrons. The lowest BCUT2D eigenvalue weighted by Crippen LogP contribution is -2.16. The van der Waals surface area contributed by atoms with E-state index >= 15 is 0 Å². The number of halogens is 1. The Hall–Kier alpha value is -2.58. The van der Waals surface area contributed by atoms with Gasteiger partial charge in [0, 0.05) is 11.3 Å². The van der Waals surface area contributed by atoms with Crippen LogP contribution in [0.2, 0.25) is 0 Å². The minimum absolute atomic E-state index is 0.348. The van der Waals surface area contributed by atoms with E-state index in [9.17, 15) is 0 Å². The molecular formula is C20H15ClN2. The van der Waals surface area contributed by atoms with Gasteiger partial charge in [0.2, 0.25) is 0 Å². The average molecular weight is 319 g/mol. The minimum Gasteiger partial charge on any atom is -0.340 e. The van der Waals surface area contributed by atoms with Gasteiger partial charge in [0.15, 0.2) is 5.50 Å². The quantitative estimate of drug-likeness (QED) is 0.481. The standard InChI is InChI=1S/C20H15ClN2/c21-20-17-10-3-4-11-18(17)22-19(23-20)13-12-15-8-5-7-14-6-1-2-9-16(14)15/h1-13,20H,(H,22,23)/b13-12+. The molecule has 1 aliphatic heterocycles. The number of fused-ring (bicyclic) bond motifs is 2. The molecule has 3 aromatic carbocycles. The highest BCUT2D eigenvalue weighted by atomic mass is 35.5. The highest BCUT2D eigenvalue weighted by molar-refractivity contribution is 6.23. The summed E-state index contributed by atoms with van der Waals surface area (Å²) in [6.07, 6.45) is 4.05. The molecular weight excluding hydrogens is 304 g/mol. The van der Waals surface area contributed by atoms with Crippen LogP contribution in [0, 0.1) is 0 Å². The first kappa shape index (κ1) is 14.0. The van der Waals surface area contributed by atoms with E-state index in [1.54, 1.807) is 0 Å². The average Bonchev–Trinajstić information content (AvgIpc) is 2.60. The van der Waals surface area contributed by atoms with Gasteiger partial charge in [-0.05, 0) is 28.5 Å². The Kier molecular flexibility index (Phi) is 3.60. The number of para-hydroxylation sites is 1. The molecule has 1 unspecified atom stereocenters. The van der Waals surface area contributed by atoms with Crippen molar-refractivity contribution < 1.29 is 0 Å². The number of nitrogens with zero attached hydrogens (tertiary/aromatic N) is 1. The third-order valence-electron chi connectivity index (χ3n) is 3.98. The number of rotatable bonds is 2. The van der Waals surface area contributed by atoms with Crippen LogP contribution in [0.4, 0.5) is 5.69 Å². The maximum absolute atomic E-state index is 6.36. The molecule has 4 rings (SSSR count). The second kappa shape index (κ2) is 5.90. The SMILES string of the molecule is ClC1N=C(/C=C/c2cccc3ccccc23)Nc2ccccc21. The highest BCUT2D eigenvalue weighted by Crippen LogP contribution is 2.32. The summed E-state index contributed by atoms with van der Waals surface area (Å²) >= 11 is 6.36. The van der Waals surface area contributed by atoms with Crippen molar-refractivity contribution in [2.24, 2.45) is 4.99 Å². The van der Waals surface area contributed by atoms with Crippen molar-refractivity contribution in [2.75, 3.05) is 5.32 Å². The molecule has 0 amide bonds. The summed E-state index contributed by atoms with van der Waals surface area (Å²) < 4.78 is 0. The van der Waals surface area contributed by atoms with Crippen molar-refractivity contribution in [3.63, 3.8) is 0 Å². The van der Waals surface area contributed by atoms with Gasteiger partial charge < -0.3 is 5.32 Å². The fourth-order valence-electron chi connectivity index (χ4n) is 2.83. The van der Waals surface area contributed by atoms with Crippen LogP contribution in [0.15, 0.2) is 77.8 Å². The Morgan fingerprint density at radius 2 is 1.65 bits per heavy atom. The molecule has 0 fully saturated rings. The third-order valence-corrected chi connectivity index (χ3v) is 4.31. The van der Waals surface area contributed by atoms with Gasteiger partial charge in [-0.2, -0.15) is 0 Å². The molecule has 2 nitrogen and oxygen atoms in total. The summed E-state index contributed by atoms with van der Waals surface area (Å²) in [7, 11) is 0. The van der Waals surface area contributed by atoms with E-state index in [4.69, 9.17) is 11.6 Å². The van der Waals surface area contributed by atoms with Crippen LogP contribution in [0.1, 0.15) is 16.6 Å². The number of nitrogens with one attached hydrogen (secondary N) is 1. The van der Waals surface area contributed by atoms with Crippen LogP contribution >= 0.6 is 11.6 Å². The molecule has 0 saturated carbocycles. The van der Waals surface area contributed by atoms with E-state index in [0.29, 0.717) is 0 Å².